The molecular weight excluding hydrogens is 276 g/mol. The molecule has 1 aromatic carbocycles. The summed E-state index contributed by atoms with van der Waals surface area (Å²) < 4.78 is 15.1. The van der Waals surface area contributed by atoms with E-state index in [1.165, 1.54) is 0 Å². The number of carbonyl (C=O) groups is 2. The van der Waals surface area contributed by atoms with Crippen LogP contribution in [0.25, 0.3) is 0 Å². The van der Waals surface area contributed by atoms with E-state index >= 15 is 0 Å². The highest BCUT2D eigenvalue weighted by molar-refractivity contribution is 5.89. The van der Waals surface area contributed by atoms with E-state index in [0.717, 1.165) is 0 Å². The zero-order chi connectivity index (χ0) is 15.0. The summed E-state index contributed by atoms with van der Waals surface area (Å²) in [6.45, 7) is 1.70. The van der Waals surface area contributed by atoms with Gasteiger partial charge in [-0.1, -0.05) is 18.2 Å². The fraction of sp³-hybridized carbons (Fsp3) is 0.333. The smallest absolute Gasteiger partial charge is 0.451 e. The zero-order valence-corrected chi connectivity index (χ0v) is 11.3. The number of aliphatic hydroxyl groups is 1. The number of aliphatic hydroxyl groups excluding tert-OH is 1. The average molecular weight is 290 g/mol. The van der Waals surface area contributed by atoms with E-state index < -0.39 is 36.5 Å². The van der Waals surface area contributed by atoms with Crippen molar-refractivity contribution < 1.29 is 28.9 Å². The molecule has 0 radical (unpaired) electrons. The minimum atomic E-state index is -1.15. The summed E-state index contributed by atoms with van der Waals surface area (Å²) >= 11 is 0. The predicted octanol–water partition coefficient (Wildman–Crippen LogP) is 1.44. The van der Waals surface area contributed by atoms with Crippen LogP contribution in [-0.4, -0.2) is 41.6 Å². The molecule has 0 unspecified atom stereocenters. The van der Waals surface area contributed by atoms with Gasteiger partial charge in [0.05, 0.1) is 5.56 Å². The van der Waals surface area contributed by atoms with Crippen LogP contribution < -0.4 is 0 Å². The summed E-state index contributed by atoms with van der Waals surface area (Å²) in [6, 6.07) is 8.48. The summed E-state index contributed by atoms with van der Waals surface area (Å²) in [4.78, 5) is 23.2. The lowest BCUT2D eigenvalue weighted by atomic mass is 9.90. The van der Waals surface area contributed by atoms with Gasteiger partial charge in [-0.05, 0) is 30.7 Å². The van der Waals surface area contributed by atoms with Crippen LogP contribution in [0.1, 0.15) is 17.3 Å². The second kappa shape index (κ2) is 5.21. The Bertz CT molecular complexity index is 593. The Kier molecular flexibility index (Phi) is 3.39. The van der Waals surface area contributed by atoms with Gasteiger partial charge >= 0.3 is 12.1 Å². The first-order valence-corrected chi connectivity index (χ1v) is 6.56. The van der Waals surface area contributed by atoms with Crippen molar-refractivity contribution in [2.75, 3.05) is 0 Å². The third kappa shape index (κ3) is 2.50. The third-order valence-electron chi connectivity index (χ3n) is 3.55. The van der Waals surface area contributed by atoms with Crippen LogP contribution >= 0.6 is 0 Å². The quantitative estimate of drug-likeness (QED) is 0.655. The SMILES string of the molecule is CC1=C[C@@H]2OC(=O)O[C@@H]2[C@@H](O)[C@@H]1OC(=O)c1ccccc1. The molecule has 1 aliphatic carbocycles. The second-order valence-corrected chi connectivity index (χ2v) is 5.01. The molecule has 21 heavy (non-hydrogen) atoms. The van der Waals surface area contributed by atoms with Crippen molar-refractivity contribution in [2.45, 2.75) is 31.3 Å². The maximum atomic E-state index is 12.1. The fourth-order valence-corrected chi connectivity index (χ4v) is 2.49. The lowest BCUT2D eigenvalue weighted by molar-refractivity contribution is -0.0608. The first-order valence-electron chi connectivity index (χ1n) is 6.56. The van der Waals surface area contributed by atoms with Crippen molar-refractivity contribution in [3.05, 3.63) is 47.5 Å². The van der Waals surface area contributed by atoms with Crippen molar-refractivity contribution in [1.82, 2.24) is 0 Å². The van der Waals surface area contributed by atoms with Crippen molar-refractivity contribution in [1.29, 1.82) is 0 Å². The molecule has 110 valence electrons. The predicted molar refractivity (Wildman–Crippen MR) is 70.6 cm³/mol. The van der Waals surface area contributed by atoms with E-state index in [1.54, 1.807) is 43.3 Å². The maximum absolute atomic E-state index is 12.1. The van der Waals surface area contributed by atoms with Crippen LogP contribution in [0.2, 0.25) is 0 Å². The molecule has 0 bridgehead atoms. The summed E-state index contributed by atoms with van der Waals surface area (Å²) in [5.41, 5.74) is 1.01. The molecule has 2 aliphatic rings. The minimum Gasteiger partial charge on any atom is -0.451 e. The van der Waals surface area contributed by atoms with Crippen LogP contribution in [0.3, 0.4) is 0 Å². The molecule has 1 heterocycles. The number of esters is 1. The minimum absolute atomic E-state index is 0.388. The van der Waals surface area contributed by atoms with Crippen molar-refractivity contribution >= 4 is 12.1 Å². The van der Waals surface area contributed by atoms with Gasteiger partial charge in [-0.25, -0.2) is 9.59 Å². The lowest BCUT2D eigenvalue weighted by Crippen LogP contribution is -2.48. The molecule has 0 spiro atoms. The monoisotopic (exact) mass is 290 g/mol. The molecule has 0 aromatic heterocycles. The Hall–Kier alpha value is -2.34. The van der Waals surface area contributed by atoms with Gasteiger partial charge in [0.1, 0.15) is 6.10 Å². The molecule has 4 atom stereocenters. The van der Waals surface area contributed by atoms with E-state index in [4.69, 9.17) is 14.2 Å². The average Bonchev–Trinajstić information content (AvgIpc) is 2.85. The van der Waals surface area contributed by atoms with Crippen LogP contribution in [0, 0.1) is 0 Å². The van der Waals surface area contributed by atoms with Crippen LogP contribution in [0.4, 0.5) is 4.79 Å². The fourth-order valence-electron chi connectivity index (χ4n) is 2.49. The summed E-state index contributed by atoms with van der Waals surface area (Å²) in [6.07, 6.45) is -2.71. The summed E-state index contributed by atoms with van der Waals surface area (Å²) in [5, 5.41) is 10.2. The molecule has 6 heteroatoms. The van der Waals surface area contributed by atoms with Gasteiger partial charge < -0.3 is 19.3 Å². The van der Waals surface area contributed by atoms with E-state index in [1.807, 2.05) is 0 Å². The Labute approximate surface area is 120 Å². The Morgan fingerprint density at radius 1 is 1.24 bits per heavy atom. The molecule has 6 nitrogen and oxygen atoms in total. The highest BCUT2D eigenvalue weighted by Gasteiger charge is 2.48. The first kappa shape index (κ1) is 13.6. The van der Waals surface area contributed by atoms with Crippen molar-refractivity contribution in [3.63, 3.8) is 0 Å². The molecule has 0 saturated carbocycles. The zero-order valence-electron chi connectivity index (χ0n) is 11.3. The number of benzene rings is 1. The number of hydrogen-bond donors (Lipinski definition) is 1. The van der Waals surface area contributed by atoms with Gasteiger partial charge in [-0.3, -0.25) is 0 Å². The highest BCUT2D eigenvalue weighted by atomic mass is 16.8. The Morgan fingerprint density at radius 3 is 2.67 bits per heavy atom. The van der Waals surface area contributed by atoms with Crippen LogP contribution in [0.15, 0.2) is 42.0 Å². The Balaban J connectivity index is 1.78. The molecule has 1 aliphatic heterocycles. The largest absolute Gasteiger partial charge is 0.509 e. The second-order valence-electron chi connectivity index (χ2n) is 5.01. The molecule has 1 fully saturated rings. The number of carbonyl (C=O) groups excluding carboxylic acids is 2. The van der Waals surface area contributed by atoms with E-state index in [2.05, 4.69) is 0 Å². The normalized spacial score (nSPS) is 30.8. The standard InChI is InChI=1S/C15H14O6/c1-8-7-10-13(21-15(18)19-10)11(16)12(8)20-14(17)9-5-3-2-4-6-9/h2-7,10-13,16H,1H3/t10-,11-,12+,13-/m0/s1. The van der Waals surface area contributed by atoms with Crippen LogP contribution in [-0.2, 0) is 14.2 Å². The van der Waals surface area contributed by atoms with Gasteiger partial charge in [-0.15, -0.1) is 0 Å². The number of rotatable bonds is 2. The summed E-state index contributed by atoms with van der Waals surface area (Å²) in [5.74, 6) is -0.545. The highest BCUT2D eigenvalue weighted by Crippen LogP contribution is 2.31. The van der Waals surface area contributed by atoms with Gasteiger partial charge in [0.25, 0.3) is 0 Å². The molecular formula is C15H14O6. The van der Waals surface area contributed by atoms with E-state index in [-0.39, 0.29) is 0 Å². The van der Waals surface area contributed by atoms with Crippen molar-refractivity contribution in [2.24, 2.45) is 0 Å². The lowest BCUT2D eigenvalue weighted by Gasteiger charge is -2.32. The molecule has 1 N–H and O–H groups in total. The van der Waals surface area contributed by atoms with Gasteiger partial charge in [0.15, 0.2) is 18.3 Å². The third-order valence-corrected chi connectivity index (χ3v) is 3.55. The number of hydrogen-bond acceptors (Lipinski definition) is 6. The summed E-state index contributed by atoms with van der Waals surface area (Å²) in [7, 11) is 0. The maximum Gasteiger partial charge on any atom is 0.509 e. The van der Waals surface area contributed by atoms with Gasteiger partial charge in [0.2, 0.25) is 0 Å². The molecule has 3 rings (SSSR count). The van der Waals surface area contributed by atoms with E-state index in [9.17, 15) is 14.7 Å². The van der Waals surface area contributed by atoms with Gasteiger partial charge in [0, 0.05) is 0 Å². The molecule has 1 aromatic rings. The van der Waals surface area contributed by atoms with Crippen LogP contribution in [0.5, 0.6) is 0 Å². The number of ether oxygens (including phenoxy) is 3. The topological polar surface area (TPSA) is 82.1 Å². The van der Waals surface area contributed by atoms with Crippen molar-refractivity contribution in [3.8, 4) is 0 Å². The number of fused-ring (bicyclic) bond motifs is 1. The molecule has 0 amide bonds. The van der Waals surface area contributed by atoms with E-state index in [0.29, 0.717) is 11.1 Å². The Morgan fingerprint density at radius 2 is 1.95 bits per heavy atom. The van der Waals surface area contributed by atoms with Gasteiger partial charge in [-0.2, -0.15) is 0 Å². The molecule has 1 saturated heterocycles. The first-order chi connectivity index (χ1) is 10.1.